The van der Waals surface area contributed by atoms with Crippen molar-refractivity contribution in [2.75, 3.05) is 23.3 Å². The van der Waals surface area contributed by atoms with E-state index in [9.17, 15) is 14.0 Å². The number of hydrogen-bond donors (Lipinski definition) is 2. The number of hydrogen-bond acceptors (Lipinski definition) is 4. The van der Waals surface area contributed by atoms with Crippen molar-refractivity contribution in [2.45, 2.75) is 31.7 Å². The highest BCUT2D eigenvalue weighted by atomic mass is 19.1. The summed E-state index contributed by atoms with van der Waals surface area (Å²) >= 11 is 0. The lowest BCUT2D eigenvalue weighted by molar-refractivity contribution is -0.121. The van der Waals surface area contributed by atoms with Gasteiger partial charge in [-0.2, -0.15) is 0 Å². The molecule has 7 heteroatoms. The average Bonchev–Trinajstić information content (AvgIpc) is 3.30. The highest BCUT2D eigenvalue weighted by Crippen LogP contribution is 2.32. The number of nitrogens with zero attached hydrogens (tertiary/aromatic N) is 2. The van der Waals surface area contributed by atoms with Gasteiger partial charge >= 0.3 is 0 Å². The number of nitrogens with one attached hydrogen (secondary N) is 2. The maximum atomic E-state index is 13.5. The van der Waals surface area contributed by atoms with Gasteiger partial charge in [-0.05, 0) is 54.4 Å². The van der Waals surface area contributed by atoms with Crippen LogP contribution in [0.5, 0.6) is 0 Å². The number of carbonyl (C=O) groups excluding carboxylic acids is 2. The maximum absolute atomic E-state index is 13.5. The van der Waals surface area contributed by atoms with Gasteiger partial charge in [0.2, 0.25) is 11.8 Å². The minimum absolute atomic E-state index is 0.0824. The topological polar surface area (TPSA) is 73.8 Å². The van der Waals surface area contributed by atoms with Crippen LogP contribution in [0, 0.1) is 5.82 Å². The number of fused-ring (bicyclic) bond motifs is 1. The minimum atomic E-state index is -0.595. The lowest BCUT2D eigenvalue weighted by atomic mass is 10.0. The van der Waals surface area contributed by atoms with Gasteiger partial charge in [-0.15, -0.1) is 0 Å². The second kappa shape index (κ2) is 8.03. The molecular formula is C22H23FN4O2. The van der Waals surface area contributed by atoms with Crippen LogP contribution >= 0.6 is 0 Å². The van der Waals surface area contributed by atoms with E-state index in [0.717, 1.165) is 30.9 Å². The molecule has 2 atom stereocenters. The molecule has 2 N–H and O–H groups in total. The Balaban J connectivity index is 1.41. The van der Waals surface area contributed by atoms with Gasteiger partial charge < -0.3 is 15.5 Å². The highest BCUT2D eigenvalue weighted by molar-refractivity contribution is 6.12. The van der Waals surface area contributed by atoms with Gasteiger partial charge in [0.1, 0.15) is 11.7 Å². The quantitative estimate of drug-likeness (QED) is 0.764. The maximum Gasteiger partial charge on any atom is 0.237 e. The molecule has 4 rings (SSSR count). The fourth-order valence-corrected chi connectivity index (χ4v) is 3.76. The summed E-state index contributed by atoms with van der Waals surface area (Å²) < 4.78 is 13.5. The number of benzene rings is 2. The van der Waals surface area contributed by atoms with Gasteiger partial charge in [-0.3, -0.25) is 14.6 Å². The SMILES string of the molecule is CCC(=O)NC1CCN(c2ccc(N=CC3C(=O)Nc4ccc(F)cc43)cc2)C1. The van der Waals surface area contributed by atoms with Crippen LogP contribution in [0.25, 0.3) is 0 Å². The summed E-state index contributed by atoms with van der Waals surface area (Å²) in [5.41, 5.74) is 3.03. The van der Waals surface area contributed by atoms with Crippen LogP contribution in [0.4, 0.5) is 21.5 Å². The summed E-state index contributed by atoms with van der Waals surface area (Å²) in [4.78, 5) is 30.4. The predicted octanol–water partition coefficient (Wildman–Crippen LogP) is 3.37. The second-order valence-corrected chi connectivity index (χ2v) is 7.35. The van der Waals surface area contributed by atoms with E-state index >= 15 is 0 Å². The van der Waals surface area contributed by atoms with Crippen molar-refractivity contribution in [1.82, 2.24) is 5.32 Å². The second-order valence-electron chi connectivity index (χ2n) is 7.35. The molecule has 150 valence electrons. The van der Waals surface area contributed by atoms with Gasteiger partial charge in [-0.1, -0.05) is 6.92 Å². The fourth-order valence-electron chi connectivity index (χ4n) is 3.76. The third-order valence-corrected chi connectivity index (χ3v) is 5.35. The molecule has 0 radical (unpaired) electrons. The molecule has 1 fully saturated rings. The highest BCUT2D eigenvalue weighted by Gasteiger charge is 2.29. The van der Waals surface area contributed by atoms with Gasteiger partial charge in [0.25, 0.3) is 0 Å². The molecule has 29 heavy (non-hydrogen) atoms. The largest absolute Gasteiger partial charge is 0.369 e. The zero-order valence-electron chi connectivity index (χ0n) is 16.2. The third kappa shape index (κ3) is 4.13. The number of amides is 2. The van der Waals surface area contributed by atoms with Gasteiger partial charge in [0.15, 0.2) is 0 Å². The van der Waals surface area contributed by atoms with E-state index in [4.69, 9.17) is 0 Å². The fraction of sp³-hybridized carbons (Fsp3) is 0.318. The van der Waals surface area contributed by atoms with Crippen molar-refractivity contribution < 1.29 is 14.0 Å². The first-order valence-electron chi connectivity index (χ1n) is 9.82. The smallest absolute Gasteiger partial charge is 0.237 e. The Kier molecular flexibility index (Phi) is 5.29. The summed E-state index contributed by atoms with van der Waals surface area (Å²) in [5.74, 6) is -1.09. The van der Waals surface area contributed by atoms with E-state index in [1.54, 1.807) is 12.3 Å². The van der Waals surface area contributed by atoms with Crippen LogP contribution in [-0.4, -0.2) is 37.2 Å². The molecule has 2 aromatic rings. The van der Waals surface area contributed by atoms with Crippen LogP contribution in [0.3, 0.4) is 0 Å². The van der Waals surface area contributed by atoms with Crippen LogP contribution in [0.15, 0.2) is 47.5 Å². The Bertz CT molecular complexity index is 958. The number of aliphatic imine (C=N–C) groups is 1. The van der Waals surface area contributed by atoms with Crippen molar-refractivity contribution in [3.05, 3.63) is 53.8 Å². The van der Waals surface area contributed by atoms with Crippen molar-refractivity contribution in [3.8, 4) is 0 Å². The molecule has 2 aliphatic heterocycles. The summed E-state index contributed by atoms with van der Waals surface area (Å²) in [5, 5.41) is 5.78. The van der Waals surface area contributed by atoms with Crippen LogP contribution < -0.4 is 15.5 Å². The summed E-state index contributed by atoms with van der Waals surface area (Å²) in [6, 6.07) is 12.2. The first kappa shape index (κ1) is 19.1. The molecule has 2 heterocycles. The average molecular weight is 394 g/mol. The molecule has 0 bridgehead atoms. The molecule has 0 aromatic heterocycles. The normalized spacial score (nSPS) is 20.8. The number of anilines is 2. The standard InChI is InChI=1S/C22H23FN4O2/c1-2-21(28)25-16-9-10-27(13-16)17-6-4-15(5-7-17)24-12-19-18-11-14(23)3-8-20(18)26-22(19)29/h3-8,11-12,16,19H,2,9-10,13H2,1H3,(H,25,28)(H,26,29). The van der Waals surface area contributed by atoms with E-state index in [-0.39, 0.29) is 23.7 Å². The molecule has 0 spiro atoms. The molecule has 2 amide bonds. The zero-order chi connectivity index (χ0) is 20.4. The van der Waals surface area contributed by atoms with E-state index in [0.29, 0.717) is 17.7 Å². The molecule has 2 aliphatic rings. The molecule has 0 aliphatic carbocycles. The van der Waals surface area contributed by atoms with Crippen molar-refractivity contribution >= 4 is 35.1 Å². The Morgan fingerprint density at radius 2 is 2.10 bits per heavy atom. The van der Waals surface area contributed by atoms with Crippen molar-refractivity contribution in [1.29, 1.82) is 0 Å². The van der Waals surface area contributed by atoms with Gasteiger partial charge in [-0.25, -0.2) is 4.39 Å². The summed E-state index contributed by atoms with van der Waals surface area (Å²) in [7, 11) is 0. The monoisotopic (exact) mass is 394 g/mol. The lowest BCUT2D eigenvalue weighted by Crippen LogP contribution is -2.36. The lowest BCUT2D eigenvalue weighted by Gasteiger charge is -2.19. The molecule has 6 nitrogen and oxygen atoms in total. The van der Waals surface area contributed by atoms with E-state index in [1.165, 1.54) is 12.1 Å². The molecule has 2 aromatic carbocycles. The van der Waals surface area contributed by atoms with Gasteiger partial charge in [0.05, 0.1) is 5.69 Å². The Labute approximate surface area is 168 Å². The van der Waals surface area contributed by atoms with Crippen LogP contribution in [0.2, 0.25) is 0 Å². The van der Waals surface area contributed by atoms with E-state index in [1.807, 2.05) is 31.2 Å². The molecule has 0 saturated carbocycles. The Hall–Kier alpha value is -3.22. The molecular weight excluding hydrogens is 371 g/mol. The third-order valence-electron chi connectivity index (χ3n) is 5.35. The number of carbonyl (C=O) groups is 2. The number of halogens is 1. The zero-order valence-corrected chi connectivity index (χ0v) is 16.2. The predicted molar refractivity (Wildman–Crippen MR) is 111 cm³/mol. The van der Waals surface area contributed by atoms with Crippen molar-refractivity contribution in [2.24, 2.45) is 4.99 Å². The van der Waals surface area contributed by atoms with Crippen LogP contribution in [0.1, 0.15) is 31.2 Å². The van der Waals surface area contributed by atoms with E-state index in [2.05, 4.69) is 20.5 Å². The van der Waals surface area contributed by atoms with Gasteiger partial charge in [0, 0.05) is 43.1 Å². The molecule has 1 saturated heterocycles. The number of rotatable bonds is 5. The Morgan fingerprint density at radius 3 is 2.86 bits per heavy atom. The Morgan fingerprint density at radius 1 is 1.31 bits per heavy atom. The van der Waals surface area contributed by atoms with Crippen LogP contribution in [-0.2, 0) is 9.59 Å². The first-order valence-corrected chi connectivity index (χ1v) is 9.82. The summed E-state index contributed by atoms with van der Waals surface area (Å²) in [6.45, 7) is 3.53. The minimum Gasteiger partial charge on any atom is -0.369 e. The first-order chi connectivity index (χ1) is 14.0. The summed E-state index contributed by atoms with van der Waals surface area (Å²) in [6.07, 6.45) is 2.99. The van der Waals surface area contributed by atoms with E-state index < -0.39 is 5.92 Å². The molecule has 2 unspecified atom stereocenters. The van der Waals surface area contributed by atoms with Crippen molar-refractivity contribution in [3.63, 3.8) is 0 Å².